The van der Waals surface area contributed by atoms with Gasteiger partial charge in [-0.05, 0) is 0 Å². The first-order valence-corrected chi connectivity index (χ1v) is 6.23. The number of nitrogens with zero attached hydrogens (tertiary/aromatic N) is 1. The molecule has 2 rings (SSSR count). The molecule has 0 spiro atoms. The zero-order valence-corrected chi connectivity index (χ0v) is 11.1. The van der Waals surface area contributed by atoms with Crippen LogP contribution in [0.3, 0.4) is 0 Å². The molecule has 0 aromatic heterocycles. The van der Waals surface area contributed by atoms with Crippen LogP contribution >= 0.6 is 11.6 Å². The number of ether oxygens (including phenoxy) is 1. The molecule has 0 radical (unpaired) electrons. The maximum absolute atomic E-state index is 14.0. The van der Waals surface area contributed by atoms with Crippen molar-refractivity contribution in [2.75, 3.05) is 6.61 Å². The van der Waals surface area contributed by atoms with E-state index < -0.39 is 60.3 Å². The summed E-state index contributed by atoms with van der Waals surface area (Å²) in [4.78, 5) is 23.4. The number of alkyl halides is 3. The lowest BCUT2D eigenvalue weighted by molar-refractivity contribution is -0.202. The summed E-state index contributed by atoms with van der Waals surface area (Å²) in [6.07, 6.45) is -9.94. The van der Waals surface area contributed by atoms with Crippen molar-refractivity contribution in [1.29, 1.82) is 0 Å². The molecule has 6 nitrogen and oxygen atoms in total. The van der Waals surface area contributed by atoms with Crippen molar-refractivity contribution in [3.8, 4) is 0 Å². The van der Waals surface area contributed by atoms with Gasteiger partial charge in [0.05, 0.1) is 13.0 Å². The number of aliphatic hydroxyl groups excluding tert-OH is 2. The van der Waals surface area contributed by atoms with Crippen LogP contribution in [0.2, 0.25) is 0 Å². The zero-order valence-electron chi connectivity index (χ0n) is 10.4. The average molecular weight is 330 g/mol. The number of halogens is 4. The van der Waals surface area contributed by atoms with Crippen LogP contribution < -0.4 is 0 Å². The van der Waals surface area contributed by atoms with E-state index in [1.165, 1.54) is 0 Å². The molecule has 1 saturated heterocycles. The second kappa shape index (κ2) is 5.56. The summed E-state index contributed by atoms with van der Waals surface area (Å²) >= 11 is 5.54. The fourth-order valence-electron chi connectivity index (χ4n) is 2.17. The number of ketones is 1. The molecule has 0 aliphatic carbocycles. The van der Waals surface area contributed by atoms with Crippen molar-refractivity contribution in [2.24, 2.45) is 0 Å². The molecule has 10 heteroatoms. The topological polar surface area (TPSA) is 87.1 Å². The van der Waals surface area contributed by atoms with Crippen molar-refractivity contribution in [2.45, 2.75) is 37.0 Å². The van der Waals surface area contributed by atoms with Gasteiger partial charge >= 0.3 is 0 Å². The van der Waals surface area contributed by atoms with E-state index >= 15 is 0 Å². The molecule has 2 aliphatic heterocycles. The van der Waals surface area contributed by atoms with Crippen LogP contribution in [0, 0.1) is 0 Å². The number of hydrogen-bond donors (Lipinski definition) is 2. The van der Waals surface area contributed by atoms with Gasteiger partial charge in [-0.3, -0.25) is 14.5 Å². The Hall–Kier alpha value is -1.16. The average Bonchev–Trinajstić information content (AvgIpc) is 2.68. The first kappa shape index (κ1) is 16.2. The molecule has 21 heavy (non-hydrogen) atoms. The van der Waals surface area contributed by atoms with Crippen LogP contribution in [0.15, 0.2) is 11.2 Å². The summed E-state index contributed by atoms with van der Waals surface area (Å²) in [5.74, 6) is -1.61. The van der Waals surface area contributed by atoms with Gasteiger partial charge in [-0.1, -0.05) is 11.6 Å². The number of carbonyl (C=O) groups is 2. The number of rotatable bonds is 3. The number of hydrogen-bond acceptors (Lipinski definition) is 5. The first-order valence-electron chi connectivity index (χ1n) is 5.85. The Bertz CT molecular complexity index is 502. The molecule has 118 valence electrons. The number of aliphatic hydroxyl groups is 2. The Kier molecular flexibility index (Phi) is 4.29. The Labute approximate surface area is 121 Å². The largest absolute Gasteiger partial charge is 0.393 e. The third-order valence-electron chi connectivity index (χ3n) is 3.42. The van der Waals surface area contributed by atoms with Gasteiger partial charge < -0.3 is 14.9 Å². The Morgan fingerprint density at radius 2 is 2.14 bits per heavy atom. The Morgan fingerprint density at radius 3 is 2.62 bits per heavy atom. The summed E-state index contributed by atoms with van der Waals surface area (Å²) < 4.78 is 44.7. The number of amides is 1. The van der Waals surface area contributed by atoms with Gasteiger partial charge in [-0.2, -0.15) is 0 Å². The van der Waals surface area contributed by atoms with E-state index in [1.807, 2.05) is 0 Å². The van der Waals surface area contributed by atoms with Gasteiger partial charge in [0.1, 0.15) is 11.1 Å². The minimum absolute atomic E-state index is 0.390. The maximum atomic E-state index is 14.0. The van der Waals surface area contributed by atoms with Crippen molar-refractivity contribution >= 4 is 23.3 Å². The molecule has 0 bridgehead atoms. The second-order valence-corrected chi connectivity index (χ2v) is 5.10. The monoisotopic (exact) mass is 329 g/mol. The molecule has 0 saturated carbocycles. The highest BCUT2D eigenvalue weighted by Gasteiger charge is 2.62. The fourth-order valence-corrected chi connectivity index (χ4v) is 2.34. The van der Waals surface area contributed by atoms with Crippen molar-refractivity contribution in [3.63, 3.8) is 0 Å². The van der Waals surface area contributed by atoms with Crippen LogP contribution in [0.5, 0.6) is 0 Å². The minimum atomic E-state index is -3.39. The van der Waals surface area contributed by atoms with E-state index in [9.17, 15) is 27.9 Å². The quantitative estimate of drug-likeness (QED) is 0.707. The molecule has 0 aromatic carbocycles. The smallest absolute Gasteiger partial charge is 0.272 e. The van der Waals surface area contributed by atoms with Crippen LogP contribution in [-0.2, 0) is 14.3 Å². The number of carbonyl (C=O) groups excluding carboxylic acids is 2. The van der Waals surface area contributed by atoms with E-state index in [-0.39, 0.29) is 0 Å². The lowest BCUT2D eigenvalue weighted by atomic mass is 9.97. The van der Waals surface area contributed by atoms with Gasteiger partial charge in [0.25, 0.3) is 6.43 Å². The predicted octanol–water partition coefficient (Wildman–Crippen LogP) is -0.0805. The predicted molar refractivity (Wildman–Crippen MR) is 62.0 cm³/mol. The first-order chi connectivity index (χ1) is 9.74. The van der Waals surface area contributed by atoms with Crippen molar-refractivity contribution in [3.05, 3.63) is 11.2 Å². The lowest BCUT2D eigenvalue weighted by Crippen LogP contribution is -2.51. The highest BCUT2D eigenvalue weighted by Crippen LogP contribution is 2.40. The van der Waals surface area contributed by atoms with Gasteiger partial charge in [-0.15, -0.1) is 0 Å². The second-order valence-electron chi connectivity index (χ2n) is 4.69. The van der Waals surface area contributed by atoms with Crippen molar-refractivity contribution < 1.29 is 37.7 Å². The SMILES string of the molecule is O=C1CC(=O)N([C@@H]2O[C@@](CO)(C(F)F)[C@@H](O)[C@H]2F)C=C1Cl. The standard InChI is InChI=1S/C11H11ClF3NO5/c12-4-2-16(6(19)1-5(4)18)9-7(13)8(20)11(3-17,21-9)10(14)15/h2,7-10,17,20H,1,3H2/t7-,8+,9-,11-/m1/s1. The third kappa shape index (κ3) is 2.44. The highest BCUT2D eigenvalue weighted by molar-refractivity contribution is 6.44. The molecule has 1 amide bonds. The summed E-state index contributed by atoms with van der Waals surface area (Å²) in [6, 6.07) is 0. The molecule has 0 aromatic rings. The molecule has 2 aliphatic rings. The van der Waals surface area contributed by atoms with Crippen LogP contribution in [0.25, 0.3) is 0 Å². The fraction of sp³-hybridized carbons (Fsp3) is 0.636. The molecular formula is C11H11ClF3NO5. The summed E-state index contributed by atoms with van der Waals surface area (Å²) in [5, 5.41) is 18.2. The van der Waals surface area contributed by atoms with Gasteiger partial charge in [0.15, 0.2) is 23.8 Å². The number of allylic oxidation sites excluding steroid dienone is 1. The minimum Gasteiger partial charge on any atom is -0.393 e. The highest BCUT2D eigenvalue weighted by atomic mass is 35.5. The van der Waals surface area contributed by atoms with E-state index in [0.717, 1.165) is 6.20 Å². The van der Waals surface area contributed by atoms with E-state index in [2.05, 4.69) is 0 Å². The van der Waals surface area contributed by atoms with Crippen molar-refractivity contribution in [1.82, 2.24) is 4.90 Å². The molecular weight excluding hydrogens is 319 g/mol. The lowest BCUT2D eigenvalue weighted by Gasteiger charge is -2.31. The van der Waals surface area contributed by atoms with E-state index in [4.69, 9.17) is 21.4 Å². The number of Topliss-reactive ketones (excluding diaryl/α,β-unsaturated/α-hetero) is 1. The maximum Gasteiger partial charge on any atom is 0.272 e. The van der Waals surface area contributed by atoms with Gasteiger partial charge in [0, 0.05) is 6.20 Å². The molecule has 4 atom stereocenters. The summed E-state index contributed by atoms with van der Waals surface area (Å²) in [7, 11) is 0. The molecule has 0 unspecified atom stereocenters. The molecule has 2 N–H and O–H groups in total. The van der Waals surface area contributed by atoms with E-state index in [0.29, 0.717) is 4.90 Å². The third-order valence-corrected chi connectivity index (χ3v) is 3.73. The molecule has 1 fully saturated rings. The van der Waals surface area contributed by atoms with E-state index in [1.54, 1.807) is 0 Å². The zero-order chi connectivity index (χ0) is 15.9. The Morgan fingerprint density at radius 1 is 1.52 bits per heavy atom. The molecule has 2 heterocycles. The normalized spacial score (nSPS) is 37.4. The van der Waals surface area contributed by atoms with Gasteiger partial charge in [-0.25, -0.2) is 13.2 Å². The van der Waals surface area contributed by atoms with Gasteiger partial charge in [0.2, 0.25) is 5.91 Å². The van der Waals surface area contributed by atoms with Crippen LogP contribution in [0.1, 0.15) is 6.42 Å². The summed E-state index contributed by atoms with van der Waals surface area (Å²) in [6.45, 7) is -1.35. The van der Waals surface area contributed by atoms with Crippen LogP contribution in [0.4, 0.5) is 13.2 Å². The van der Waals surface area contributed by atoms with Crippen LogP contribution in [-0.4, -0.2) is 63.9 Å². The summed E-state index contributed by atoms with van der Waals surface area (Å²) in [5.41, 5.74) is -2.84. The Balaban J connectivity index is 2.34.